The van der Waals surface area contributed by atoms with Crippen molar-refractivity contribution < 1.29 is 19.8 Å². The summed E-state index contributed by atoms with van der Waals surface area (Å²) >= 11 is 0. The van der Waals surface area contributed by atoms with E-state index in [9.17, 15) is 9.59 Å². The molecular weight excluding hydrogens is 296 g/mol. The summed E-state index contributed by atoms with van der Waals surface area (Å²) in [7, 11) is 0. The van der Waals surface area contributed by atoms with Crippen LogP contribution in [0.3, 0.4) is 0 Å². The Labute approximate surface area is 134 Å². The molecule has 0 radical (unpaired) electrons. The van der Waals surface area contributed by atoms with Gasteiger partial charge in [-0.05, 0) is 69.2 Å². The van der Waals surface area contributed by atoms with Crippen LogP contribution in [0.4, 0.5) is 0 Å². The first kappa shape index (κ1) is 16.9. The van der Waals surface area contributed by atoms with Gasteiger partial charge in [0.15, 0.2) is 0 Å². The summed E-state index contributed by atoms with van der Waals surface area (Å²) in [6.45, 7) is 7.39. The molecule has 0 aliphatic rings. The zero-order valence-electron chi connectivity index (χ0n) is 13.8. The van der Waals surface area contributed by atoms with E-state index < -0.39 is 11.9 Å². The predicted molar refractivity (Wildman–Crippen MR) is 86.5 cm³/mol. The van der Waals surface area contributed by atoms with E-state index in [0.29, 0.717) is 0 Å². The summed E-state index contributed by atoms with van der Waals surface area (Å²) in [4.78, 5) is 28.1. The van der Waals surface area contributed by atoms with Gasteiger partial charge >= 0.3 is 11.9 Å². The van der Waals surface area contributed by atoms with Crippen molar-refractivity contribution >= 4 is 11.9 Å². The van der Waals surface area contributed by atoms with Crippen molar-refractivity contribution in [1.82, 2.24) is 9.97 Å². The van der Waals surface area contributed by atoms with E-state index >= 15 is 0 Å². The lowest BCUT2D eigenvalue weighted by Gasteiger charge is -2.05. The number of carboxylic acid groups (broad SMARTS) is 2. The topological polar surface area (TPSA) is 106 Å². The second-order valence-corrected chi connectivity index (χ2v) is 5.92. The van der Waals surface area contributed by atoms with E-state index in [4.69, 9.17) is 10.2 Å². The molecule has 0 atom stereocenters. The smallest absolute Gasteiger partial charge is 0.352 e. The molecule has 0 spiro atoms. The summed E-state index contributed by atoms with van der Waals surface area (Å²) in [6.07, 6.45) is 2.35. The number of carboxylic acids is 2. The molecule has 0 saturated heterocycles. The molecule has 0 bridgehead atoms. The third-order valence-corrected chi connectivity index (χ3v) is 4.47. The normalized spacial score (nSPS) is 11.0. The number of nitrogens with one attached hydrogen (secondary N) is 2. The highest BCUT2D eigenvalue weighted by molar-refractivity contribution is 5.88. The van der Waals surface area contributed by atoms with E-state index in [2.05, 4.69) is 9.97 Å². The van der Waals surface area contributed by atoms with Crippen LogP contribution >= 0.6 is 0 Å². The Morgan fingerprint density at radius 3 is 1.39 bits per heavy atom. The highest BCUT2D eigenvalue weighted by atomic mass is 16.4. The van der Waals surface area contributed by atoms with Crippen molar-refractivity contribution in [2.75, 3.05) is 0 Å². The van der Waals surface area contributed by atoms with Crippen molar-refractivity contribution in [2.24, 2.45) is 0 Å². The van der Waals surface area contributed by atoms with Crippen LogP contribution in [-0.2, 0) is 12.8 Å². The molecule has 4 N–H and O–H groups in total. The van der Waals surface area contributed by atoms with Crippen molar-refractivity contribution in [3.05, 3.63) is 45.0 Å². The van der Waals surface area contributed by atoms with Crippen LogP contribution in [0.15, 0.2) is 0 Å². The van der Waals surface area contributed by atoms with Crippen LogP contribution in [0.25, 0.3) is 0 Å². The van der Waals surface area contributed by atoms with Crippen LogP contribution in [0.1, 0.15) is 61.0 Å². The largest absolute Gasteiger partial charge is 0.477 e. The zero-order valence-corrected chi connectivity index (χ0v) is 13.8. The SMILES string of the molecule is Cc1[nH]c(C(=O)O)c(C)c1CCCc1c(C)[nH]c(C(=O)O)c1C. The average molecular weight is 318 g/mol. The maximum absolute atomic E-state index is 11.1. The van der Waals surface area contributed by atoms with E-state index in [1.54, 1.807) is 0 Å². The molecule has 2 rings (SSSR count). The van der Waals surface area contributed by atoms with E-state index in [0.717, 1.165) is 52.9 Å². The number of carbonyl (C=O) groups is 2. The zero-order chi connectivity index (χ0) is 17.3. The number of aryl methyl sites for hydroxylation is 2. The average Bonchev–Trinajstić information content (AvgIpc) is 2.90. The first-order valence-electron chi connectivity index (χ1n) is 7.56. The molecule has 0 saturated carbocycles. The molecule has 0 aliphatic carbocycles. The van der Waals surface area contributed by atoms with Gasteiger partial charge in [0.25, 0.3) is 0 Å². The van der Waals surface area contributed by atoms with E-state index in [-0.39, 0.29) is 11.4 Å². The molecule has 2 aromatic rings. The fraction of sp³-hybridized carbons (Fsp3) is 0.412. The number of hydrogen-bond acceptors (Lipinski definition) is 2. The number of aromatic amines is 2. The Hall–Kier alpha value is -2.50. The Morgan fingerprint density at radius 1 is 0.783 bits per heavy atom. The maximum Gasteiger partial charge on any atom is 0.352 e. The van der Waals surface area contributed by atoms with Crippen LogP contribution < -0.4 is 0 Å². The van der Waals surface area contributed by atoms with Gasteiger partial charge in [0.05, 0.1) is 0 Å². The van der Waals surface area contributed by atoms with Gasteiger partial charge in [0, 0.05) is 11.4 Å². The number of aromatic nitrogens is 2. The van der Waals surface area contributed by atoms with Gasteiger partial charge < -0.3 is 20.2 Å². The third-order valence-electron chi connectivity index (χ3n) is 4.47. The van der Waals surface area contributed by atoms with Gasteiger partial charge in [0.2, 0.25) is 0 Å². The molecule has 0 unspecified atom stereocenters. The van der Waals surface area contributed by atoms with Gasteiger partial charge in [-0.3, -0.25) is 0 Å². The fourth-order valence-electron chi connectivity index (χ4n) is 3.20. The molecule has 0 amide bonds. The Bertz CT molecular complexity index is 704. The van der Waals surface area contributed by atoms with Crippen LogP contribution in [-0.4, -0.2) is 32.1 Å². The second-order valence-electron chi connectivity index (χ2n) is 5.92. The Balaban J connectivity index is 2.12. The van der Waals surface area contributed by atoms with Gasteiger partial charge in [-0.1, -0.05) is 0 Å². The standard InChI is InChI=1S/C17H22N2O4/c1-8-12(10(3)18-14(8)16(20)21)6-5-7-13-9(2)15(17(22)23)19-11(13)4/h18-19H,5-7H2,1-4H3,(H,20,21)(H,22,23). The predicted octanol–water partition coefficient (Wildman–Crippen LogP) is 3.15. The van der Waals surface area contributed by atoms with Crippen LogP contribution in [0, 0.1) is 27.7 Å². The Kier molecular flexibility index (Phi) is 4.63. The van der Waals surface area contributed by atoms with Crippen molar-refractivity contribution in [3.63, 3.8) is 0 Å². The van der Waals surface area contributed by atoms with Gasteiger partial charge in [0.1, 0.15) is 11.4 Å². The first-order valence-corrected chi connectivity index (χ1v) is 7.56. The molecule has 2 aromatic heterocycles. The summed E-state index contributed by atoms with van der Waals surface area (Å²) in [5, 5.41) is 18.3. The van der Waals surface area contributed by atoms with Crippen molar-refractivity contribution in [3.8, 4) is 0 Å². The molecule has 6 nitrogen and oxygen atoms in total. The molecule has 2 heterocycles. The molecule has 0 fully saturated rings. The Morgan fingerprint density at radius 2 is 1.13 bits per heavy atom. The summed E-state index contributed by atoms with van der Waals surface area (Å²) in [5.41, 5.74) is 5.90. The third kappa shape index (κ3) is 3.16. The van der Waals surface area contributed by atoms with Crippen LogP contribution in [0.2, 0.25) is 0 Å². The number of hydrogen-bond donors (Lipinski definition) is 4. The highest BCUT2D eigenvalue weighted by Gasteiger charge is 2.18. The first-order chi connectivity index (χ1) is 10.7. The van der Waals surface area contributed by atoms with Crippen molar-refractivity contribution in [1.29, 1.82) is 0 Å². The molecule has 124 valence electrons. The minimum atomic E-state index is -0.944. The monoisotopic (exact) mass is 318 g/mol. The van der Waals surface area contributed by atoms with E-state index in [1.807, 2.05) is 27.7 Å². The molecule has 0 aliphatic heterocycles. The fourth-order valence-corrected chi connectivity index (χ4v) is 3.20. The van der Waals surface area contributed by atoms with Gasteiger partial charge in [-0.2, -0.15) is 0 Å². The number of H-pyrrole nitrogens is 2. The number of rotatable bonds is 6. The van der Waals surface area contributed by atoms with E-state index in [1.165, 1.54) is 0 Å². The minimum Gasteiger partial charge on any atom is -0.477 e. The highest BCUT2D eigenvalue weighted by Crippen LogP contribution is 2.23. The van der Waals surface area contributed by atoms with Gasteiger partial charge in [-0.25, -0.2) is 9.59 Å². The molecule has 6 heteroatoms. The minimum absolute atomic E-state index is 0.250. The molecular formula is C17H22N2O4. The second kappa shape index (κ2) is 6.32. The summed E-state index contributed by atoms with van der Waals surface area (Å²) in [6, 6.07) is 0. The molecule has 0 aromatic carbocycles. The van der Waals surface area contributed by atoms with Gasteiger partial charge in [-0.15, -0.1) is 0 Å². The lowest BCUT2D eigenvalue weighted by Crippen LogP contribution is -2.00. The molecule has 23 heavy (non-hydrogen) atoms. The summed E-state index contributed by atoms with van der Waals surface area (Å²) in [5.74, 6) is -1.89. The lowest BCUT2D eigenvalue weighted by molar-refractivity contribution is 0.0679. The van der Waals surface area contributed by atoms with Crippen molar-refractivity contribution in [2.45, 2.75) is 47.0 Å². The quantitative estimate of drug-likeness (QED) is 0.656. The summed E-state index contributed by atoms with van der Waals surface area (Å²) < 4.78 is 0. The van der Waals surface area contributed by atoms with Crippen LogP contribution in [0.5, 0.6) is 0 Å². The maximum atomic E-state index is 11.1. The lowest BCUT2D eigenvalue weighted by atomic mass is 9.99. The number of aromatic carboxylic acids is 2.